The maximum atomic E-state index is 13.1. The number of benzene rings is 1. The average molecular weight is 271 g/mol. The fourth-order valence-electron chi connectivity index (χ4n) is 2.43. The average Bonchev–Trinajstić information content (AvgIpc) is 2.35. The molecule has 0 spiro atoms. The summed E-state index contributed by atoms with van der Waals surface area (Å²) >= 11 is 5.92. The van der Waals surface area contributed by atoms with Crippen molar-refractivity contribution in [2.45, 2.75) is 44.1 Å². The molecule has 1 saturated carbocycles. The smallest absolute Gasteiger partial charge is 0.168 e. The van der Waals surface area contributed by atoms with Crippen molar-refractivity contribution < 1.29 is 14.3 Å². The first-order chi connectivity index (χ1) is 8.51. The summed E-state index contributed by atoms with van der Waals surface area (Å²) in [5, 5.41) is 10.6. The SMILES string of the molecule is O=C(Cc1cc(F)ccc1Cl)C1(O)CCCCC1. The number of hydrogen-bond donors (Lipinski definition) is 1. The second kappa shape index (κ2) is 5.37. The van der Waals surface area contributed by atoms with E-state index in [-0.39, 0.29) is 12.2 Å². The number of rotatable bonds is 3. The molecular formula is C14H16ClFO2. The lowest BCUT2D eigenvalue weighted by Crippen LogP contribution is -2.41. The van der Waals surface area contributed by atoms with Crippen LogP contribution in [-0.2, 0) is 11.2 Å². The van der Waals surface area contributed by atoms with Crippen LogP contribution in [0, 0.1) is 5.82 Å². The molecule has 2 rings (SSSR count). The van der Waals surface area contributed by atoms with Crippen molar-refractivity contribution in [3.8, 4) is 0 Å². The van der Waals surface area contributed by atoms with E-state index < -0.39 is 11.4 Å². The Bertz CT molecular complexity index is 453. The minimum Gasteiger partial charge on any atom is -0.382 e. The molecule has 0 amide bonds. The number of carbonyl (C=O) groups is 1. The molecule has 98 valence electrons. The van der Waals surface area contributed by atoms with Crippen LogP contribution >= 0.6 is 11.6 Å². The third kappa shape index (κ3) is 2.90. The Morgan fingerprint density at radius 2 is 2.00 bits per heavy atom. The summed E-state index contributed by atoms with van der Waals surface area (Å²) < 4.78 is 13.1. The third-order valence-corrected chi connectivity index (χ3v) is 3.93. The van der Waals surface area contributed by atoms with Gasteiger partial charge in [-0.3, -0.25) is 4.79 Å². The fraction of sp³-hybridized carbons (Fsp3) is 0.500. The van der Waals surface area contributed by atoms with E-state index in [9.17, 15) is 14.3 Å². The Labute approximate surface area is 111 Å². The van der Waals surface area contributed by atoms with Crippen LogP contribution in [0.5, 0.6) is 0 Å². The lowest BCUT2D eigenvalue weighted by molar-refractivity contribution is -0.139. The van der Waals surface area contributed by atoms with Gasteiger partial charge in [-0.25, -0.2) is 4.39 Å². The second-order valence-corrected chi connectivity index (χ2v) is 5.34. The van der Waals surface area contributed by atoms with Gasteiger partial charge >= 0.3 is 0 Å². The van der Waals surface area contributed by atoms with Gasteiger partial charge < -0.3 is 5.11 Å². The molecule has 0 bridgehead atoms. The van der Waals surface area contributed by atoms with Crippen LogP contribution in [0.15, 0.2) is 18.2 Å². The Morgan fingerprint density at radius 1 is 1.33 bits per heavy atom. The van der Waals surface area contributed by atoms with E-state index in [0.717, 1.165) is 19.3 Å². The molecule has 0 radical (unpaired) electrons. The van der Waals surface area contributed by atoms with Crippen LogP contribution in [0.4, 0.5) is 4.39 Å². The van der Waals surface area contributed by atoms with E-state index in [1.165, 1.54) is 18.2 Å². The quantitative estimate of drug-likeness (QED) is 0.915. The number of halogens is 2. The van der Waals surface area contributed by atoms with Crippen LogP contribution in [0.2, 0.25) is 5.02 Å². The van der Waals surface area contributed by atoms with Gasteiger partial charge in [0.2, 0.25) is 0 Å². The highest BCUT2D eigenvalue weighted by Crippen LogP contribution is 2.30. The Balaban J connectivity index is 2.13. The number of aliphatic hydroxyl groups is 1. The van der Waals surface area contributed by atoms with Crippen molar-refractivity contribution in [1.82, 2.24) is 0 Å². The molecule has 1 aromatic rings. The lowest BCUT2D eigenvalue weighted by atomic mass is 9.80. The van der Waals surface area contributed by atoms with Gasteiger partial charge in [0.15, 0.2) is 5.78 Å². The van der Waals surface area contributed by atoms with Gasteiger partial charge in [-0.2, -0.15) is 0 Å². The normalized spacial score (nSPS) is 18.6. The molecule has 4 heteroatoms. The Morgan fingerprint density at radius 3 is 2.67 bits per heavy atom. The molecule has 0 atom stereocenters. The first kappa shape index (κ1) is 13.5. The minimum atomic E-state index is -1.24. The Kier molecular flexibility index (Phi) is 4.03. The molecule has 1 aromatic carbocycles. The zero-order valence-corrected chi connectivity index (χ0v) is 10.8. The van der Waals surface area contributed by atoms with Crippen LogP contribution in [0.1, 0.15) is 37.7 Å². The second-order valence-electron chi connectivity index (χ2n) is 4.93. The van der Waals surface area contributed by atoms with Crippen molar-refractivity contribution in [3.05, 3.63) is 34.6 Å². The van der Waals surface area contributed by atoms with Crippen molar-refractivity contribution in [1.29, 1.82) is 0 Å². The topological polar surface area (TPSA) is 37.3 Å². The van der Waals surface area contributed by atoms with E-state index in [1.807, 2.05) is 0 Å². The number of hydrogen-bond acceptors (Lipinski definition) is 2. The molecule has 0 heterocycles. The summed E-state index contributed by atoms with van der Waals surface area (Å²) in [6.45, 7) is 0. The van der Waals surface area contributed by atoms with E-state index in [1.54, 1.807) is 0 Å². The first-order valence-corrected chi connectivity index (χ1v) is 6.59. The molecule has 2 nitrogen and oxygen atoms in total. The number of Topliss-reactive ketones (excluding diaryl/α,β-unsaturated/α-hetero) is 1. The third-order valence-electron chi connectivity index (χ3n) is 3.56. The molecule has 1 aliphatic rings. The van der Waals surface area contributed by atoms with E-state index >= 15 is 0 Å². The molecule has 1 N–H and O–H groups in total. The highest BCUT2D eigenvalue weighted by atomic mass is 35.5. The predicted molar refractivity (Wildman–Crippen MR) is 68.2 cm³/mol. The zero-order valence-electron chi connectivity index (χ0n) is 10.1. The van der Waals surface area contributed by atoms with Crippen molar-refractivity contribution in [2.24, 2.45) is 0 Å². The molecule has 0 saturated heterocycles. The maximum absolute atomic E-state index is 13.1. The van der Waals surface area contributed by atoms with E-state index in [2.05, 4.69) is 0 Å². The standard InChI is InChI=1S/C14H16ClFO2/c15-12-5-4-11(16)8-10(12)9-13(17)14(18)6-2-1-3-7-14/h4-5,8,18H,1-3,6-7,9H2. The van der Waals surface area contributed by atoms with E-state index in [0.29, 0.717) is 23.4 Å². The van der Waals surface area contributed by atoms with Crippen LogP contribution in [0.25, 0.3) is 0 Å². The van der Waals surface area contributed by atoms with Crippen molar-refractivity contribution in [2.75, 3.05) is 0 Å². The molecule has 0 aromatic heterocycles. The summed E-state index contributed by atoms with van der Waals surface area (Å²) in [6, 6.07) is 3.95. The van der Waals surface area contributed by atoms with Crippen molar-refractivity contribution in [3.63, 3.8) is 0 Å². The lowest BCUT2D eigenvalue weighted by Gasteiger charge is -2.30. The Hall–Kier alpha value is -0.930. The number of ketones is 1. The highest BCUT2D eigenvalue weighted by molar-refractivity contribution is 6.31. The van der Waals surface area contributed by atoms with Gasteiger partial charge in [0.05, 0.1) is 0 Å². The van der Waals surface area contributed by atoms with Crippen LogP contribution < -0.4 is 0 Å². The maximum Gasteiger partial charge on any atom is 0.168 e. The highest BCUT2D eigenvalue weighted by Gasteiger charge is 2.36. The number of carbonyl (C=O) groups excluding carboxylic acids is 1. The van der Waals surface area contributed by atoms with E-state index in [4.69, 9.17) is 11.6 Å². The molecular weight excluding hydrogens is 255 g/mol. The van der Waals surface area contributed by atoms with Gasteiger partial charge in [0.1, 0.15) is 11.4 Å². The van der Waals surface area contributed by atoms with Gasteiger partial charge in [0.25, 0.3) is 0 Å². The summed E-state index contributed by atoms with van der Waals surface area (Å²) in [5.41, 5.74) is -0.797. The van der Waals surface area contributed by atoms with Crippen LogP contribution in [0.3, 0.4) is 0 Å². The largest absolute Gasteiger partial charge is 0.382 e. The molecule has 1 aliphatic carbocycles. The fourth-order valence-corrected chi connectivity index (χ4v) is 2.62. The summed E-state index contributed by atoms with van der Waals surface area (Å²) in [5.74, 6) is -0.674. The summed E-state index contributed by atoms with van der Waals surface area (Å²) in [7, 11) is 0. The van der Waals surface area contributed by atoms with Crippen LogP contribution in [-0.4, -0.2) is 16.5 Å². The predicted octanol–water partition coefficient (Wildman–Crippen LogP) is 3.29. The molecule has 18 heavy (non-hydrogen) atoms. The first-order valence-electron chi connectivity index (χ1n) is 6.21. The minimum absolute atomic E-state index is 0.00685. The van der Waals surface area contributed by atoms with Gasteiger partial charge in [-0.1, -0.05) is 30.9 Å². The van der Waals surface area contributed by atoms with Gasteiger partial charge in [-0.15, -0.1) is 0 Å². The molecule has 0 unspecified atom stereocenters. The monoisotopic (exact) mass is 270 g/mol. The zero-order chi connectivity index (χ0) is 13.2. The summed E-state index contributed by atoms with van der Waals surface area (Å²) in [6.07, 6.45) is 3.76. The molecule has 0 aliphatic heterocycles. The van der Waals surface area contributed by atoms with Gasteiger partial charge in [0, 0.05) is 11.4 Å². The van der Waals surface area contributed by atoms with Gasteiger partial charge in [-0.05, 0) is 36.6 Å². The summed E-state index contributed by atoms with van der Waals surface area (Å²) in [4.78, 5) is 12.1. The van der Waals surface area contributed by atoms with Crippen molar-refractivity contribution >= 4 is 17.4 Å². The molecule has 1 fully saturated rings.